The Bertz CT molecular complexity index is 419. The molecule has 1 aromatic carbocycles. The van der Waals surface area contributed by atoms with Crippen molar-refractivity contribution in [3.8, 4) is 0 Å². The summed E-state index contributed by atoms with van der Waals surface area (Å²) in [5, 5.41) is -1.75. The van der Waals surface area contributed by atoms with Gasteiger partial charge in [-0.3, -0.25) is 0 Å². The van der Waals surface area contributed by atoms with Gasteiger partial charge in [-0.2, -0.15) is 71.3 Å². The van der Waals surface area contributed by atoms with Crippen molar-refractivity contribution in [1.82, 2.24) is 0 Å². The molecule has 0 bridgehead atoms. The molecule has 1 aromatic rings. The molecule has 0 fully saturated rings. The van der Waals surface area contributed by atoms with Gasteiger partial charge in [-0.1, -0.05) is 20.8 Å². The van der Waals surface area contributed by atoms with Gasteiger partial charge in [0, 0.05) is 0 Å². The second kappa shape index (κ2) is 15.5. The fourth-order valence-corrected chi connectivity index (χ4v) is 4.24. The minimum absolute atomic E-state index is 0. The van der Waals surface area contributed by atoms with Gasteiger partial charge in [-0.15, -0.1) is 5.19 Å². The molecule has 164 valence electrons. The third-order valence-electron chi connectivity index (χ3n) is 2.37. The summed E-state index contributed by atoms with van der Waals surface area (Å²) in [6.45, 7) is 6.88. The average molecular weight is 523 g/mol. The number of hydrogen-bond acceptors (Lipinski definition) is 0. The van der Waals surface area contributed by atoms with E-state index in [4.69, 9.17) is 17.2 Å². The zero-order valence-corrected chi connectivity index (χ0v) is 18.8. The van der Waals surface area contributed by atoms with Gasteiger partial charge in [0.15, 0.2) is 0 Å². The van der Waals surface area contributed by atoms with E-state index in [2.05, 4.69) is 0 Å². The van der Waals surface area contributed by atoms with Gasteiger partial charge < -0.3 is 17.2 Å². The molecule has 0 spiro atoms. The molecule has 0 saturated heterocycles. The second-order valence-corrected chi connectivity index (χ2v) is 8.26. The van der Waals surface area contributed by atoms with Gasteiger partial charge in [0.25, 0.3) is 0 Å². The van der Waals surface area contributed by atoms with E-state index in [-0.39, 0.29) is 38.3 Å². The van der Waals surface area contributed by atoms with Gasteiger partial charge in [-0.05, 0) is 0 Å². The molecule has 14 heteroatoms. The van der Waals surface area contributed by atoms with Gasteiger partial charge >= 0.3 is 51.7 Å². The van der Waals surface area contributed by atoms with E-state index in [9.17, 15) is 39.5 Å². The summed E-state index contributed by atoms with van der Waals surface area (Å²) < 4.78 is 113. The summed E-state index contributed by atoms with van der Waals surface area (Å²) in [5.74, 6) is -19.2. The van der Waals surface area contributed by atoms with Crippen molar-refractivity contribution < 1.29 is 65.7 Å². The smallest absolute Gasteiger partial charge is 0.678 e. The maximum atomic E-state index is 12.6. The topological polar surface area (TPSA) is 71.4 Å². The average Bonchev–Trinajstić information content (AvgIpc) is 2.90. The van der Waals surface area contributed by atoms with Gasteiger partial charge in [0.1, 0.15) is 0 Å². The van der Waals surface area contributed by atoms with E-state index in [1.54, 1.807) is 20.8 Å². The Balaban J connectivity index is -0.000000245. The van der Waals surface area contributed by atoms with Crippen LogP contribution in [-0.2, 0) is 26.2 Å². The van der Waals surface area contributed by atoms with Crippen molar-refractivity contribution in [3.63, 3.8) is 0 Å². The van der Waals surface area contributed by atoms with E-state index in [1.165, 1.54) is 0 Å². The number of hydrogen-bond donors (Lipinski definition) is 0. The Morgan fingerprint density at radius 3 is 0.964 bits per heavy atom. The Morgan fingerprint density at radius 2 is 0.821 bits per heavy atom. The van der Waals surface area contributed by atoms with Gasteiger partial charge in [0.2, 0.25) is 0 Å². The monoisotopic (exact) mass is 521 g/mol. The molecule has 0 aromatic heterocycles. The van der Waals surface area contributed by atoms with Crippen LogP contribution in [0.4, 0.5) is 39.5 Å². The zero-order valence-electron chi connectivity index (χ0n) is 15.3. The second-order valence-electron chi connectivity index (χ2n) is 4.48. The molecular weight excluding hydrogens is 500 g/mol. The molecule has 0 atom stereocenters. The molecule has 0 unspecified atom stereocenters. The summed E-state index contributed by atoms with van der Waals surface area (Å²) in [6.07, 6.45) is 0. The van der Waals surface area contributed by atoms with Crippen molar-refractivity contribution in [3.05, 3.63) is 41.5 Å². The van der Waals surface area contributed by atoms with Crippen LogP contribution in [0.25, 0.3) is 17.2 Å². The SMILES string of the molecule is CC[NH-].CC[NH-].CC[NH-].FC(F)(F)[Si]([c-]1cccc1)(C(F)(F)F)C(F)(F)F.[Zr+4]. The molecule has 0 radical (unpaired) electrons. The number of alkyl halides is 9. The largest absolute Gasteiger partial charge is 4.00 e. The minimum atomic E-state index is -7.72. The first-order chi connectivity index (χ1) is 12.1. The van der Waals surface area contributed by atoms with Crippen LogP contribution in [0.2, 0.25) is 0 Å². The molecule has 28 heavy (non-hydrogen) atoms. The zero-order chi connectivity index (χ0) is 22.5. The summed E-state index contributed by atoms with van der Waals surface area (Å²) in [5.41, 5.74) is 18.6. The maximum absolute atomic E-state index is 12.6. The summed E-state index contributed by atoms with van der Waals surface area (Å²) >= 11 is 0. The van der Waals surface area contributed by atoms with Crippen LogP contribution in [0.5, 0.6) is 0 Å². The predicted octanol–water partition coefficient (Wildman–Crippen LogP) is 6.54. The number of halogens is 9. The fourth-order valence-electron chi connectivity index (χ4n) is 1.60. The van der Waals surface area contributed by atoms with Crippen molar-refractivity contribution in [1.29, 1.82) is 0 Å². The predicted molar refractivity (Wildman–Crippen MR) is 90.2 cm³/mol. The van der Waals surface area contributed by atoms with Crippen molar-refractivity contribution in [2.45, 2.75) is 38.2 Å². The van der Waals surface area contributed by atoms with Crippen LogP contribution < -0.4 is 5.19 Å². The molecule has 3 N–H and O–H groups in total. The van der Waals surface area contributed by atoms with Crippen LogP contribution in [0.1, 0.15) is 20.8 Å². The van der Waals surface area contributed by atoms with E-state index in [1.807, 2.05) is 0 Å². The van der Waals surface area contributed by atoms with E-state index < -0.39 is 30.7 Å². The Morgan fingerprint density at radius 1 is 0.643 bits per heavy atom. The molecular formula is C14H22F9N3SiZr. The van der Waals surface area contributed by atoms with Crippen molar-refractivity contribution in [2.24, 2.45) is 0 Å². The Kier molecular flexibility index (Phi) is 19.5. The first-order valence-corrected chi connectivity index (χ1v) is 9.46. The number of rotatable bonds is 1. The van der Waals surface area contributed by atoms with E-state index in [0.29, 0.717) is 31.8 Å². The van der Waals surface area contributed by atoms with Crippen LogP contribution >= 0.6 is 0 Å². The summed E-state index contributed by atoms with van der Waals surface area (Å²) in [6, 6.07) is 1.84. The van der Waals surface area contributed by atoms with Gasteiger partial charge in [0.05, 0.1) is 0 Å². The first-order valence-electron chi connectivity index (χ1n) is 7.46. The third kappa shape index (κ3) is 9.95. The van der Waals surface area contributed by atoms with Crippen LogP contribution in [0, 0.1) is 0 Å². The maximum Gasteiger partial charge on any atom is 4.00 e. The van der Waals surface area contributed by atoms with Crippen LogP contribution in [-0.4, -0.2) is 45.1 Å². The van der Waals surface area contributed by atoms with E-state index in [0.717, 1.165) is 0 Å². The number of nitrogens with one attached hydrogen (secondary N) is 3. The van der Waals surface area contributed by atoms with Crippen LogP contribution in [0.15, 0.2) is 24.3 Å². The Hall–Kier alpha value is -0.300. The van der Waals surface area contributed by atoms with E-state index >= 15 is 0 Å². The van der Waals surface area contributed by atoms with Crippen LogP contribution in [0.3, 0.4) is 0 Å². The quantitative estimate of drug-likeness (QED) is 0.228. The minimum Gasteiger partial charge on any atom is -0.678 e. The first kappa shape index (κ1) is 35.2. The Labute approximate surface area is 178 Å². The van der Waals surface area contributed by atoms with Gasteiger partial charge in [-0.25, -0.2) is 12.1 Å². The third-order valence-corrected chi connectivity index (χ3v) is 6.12. The molecule has 0 aliphatic rings. The fraction of sp³-hybridized carbons (Fsp3) is 0.643. The summed E-state index contributed by atoms with van der Waals surface area (Å²) in [7, 11) is -7.72. The molecule has 0 aliphatic carbocycles. The van der Waals surface area contributed by atoms with Crippen molar-refractivity contribution >= 4 is 13.3 Å². The normalized spacial score (nSPS) is 11.5. The standard InChI is InChI=1S/C8H4F9Si.3C2H6N.Zr/c9-6(10,11)18(7(12,13)14,8(15,16)17)5-3-1-2-4-5;3*1-2-3;/h1-4H;3*3H,2H2,1H3;/q4*-1;+4. The van der Waals surface area contributed by atoms with Crippen molar-refractivity contribution in [2.75, 3.05) is 19.6 Å². The summed E-state index contributed by atoms with van der Waals surface area (Å²) in [4.78, 5) is 0. The molecule has 0 saturated carbocycles. The molecule has 1 rings (SSSR count). The molecule has 0 amide bonds. The molecule has 0 heterocycles. The molecule has 0 aliphatic heterocycles. The molecule has 3 nitrogen and oxygen atoms in total.